The second-order valence-corrected chi connectivity index (χ2v) is 3.71. The Kier molecular flexibility index (Phi) is 3.14. The Labute approximate surface area is 103 Å². The van der Waals surface area contributed by atoms with Crippen LogP contribution in [0.3, 0.4) is 0 Å². The van der Waals surface area contributed by atoms with E-state index in [1.807, 2.05) is 0 Å². The number of rotatable bonds is 2. The van der Waals surface area contributed by atoms with Crippen LogP contribution in [0, 0.1) is 5.82 Å². The fraction of sp³-hybridized carbons (Fsp3) is 0. The van der Waals surface area contributed by atoms with Gasteiger partial charge < -0.3 is 16.2 Å². The molecule has 4 N–H and O–H groups in total. The molecule has 2 rings (SSSR count). The molecule has 0 aliphatic rings. The van der Waals surface area contributed by atoms with Gasteiger partial charge in [0.15, 0.2) is 0 Å². The van der Waals surface area contributed by atoms with Crippen LogP contribution in [0.4, 0.5) is 15.8 Å². The molecule has 18 heavy (non-hydrogen) atoms. The minimum absolute atomic E-state index is 0.0822. The number of phenols is 1. The first kappa shape index (κ1) is 11.9. The number of anilines is 2. The van der Waals surface area contributed by atoms with Gasteiger partial charge in [-0.3, -0.25) is 4.79 Å². The molecule has 0 heterocycles. The number of nitrogen functional groups attached to an aromatic ring is 1. The Morgan fingerprint density at radius 3 is 2.61 bits per heavy atom. The molecule has 0 spiro atoms. The zero-order chi connectivity index (χ0) is 13.1. The van der Waals surface area contributed by atoms with Crippen LogP contribution in [0.25, 0.3) is 0 Å². The van der Waals surface area contributed by atoms with Crippen LogP contribution in [0.15, 0.2) is 42.5 Å². The van der Waals surface area contributed by atoms with Gasteiger partial charge in [0.25, 0.3) is 5.91 Å². The number of carbonyl (C=O) groups is 1. The predicted molar refractivity (Wildman–Crippen MR) is 66.9 cm³/mol. The number of para-hydroxylation sites is 1. The minimum atomic E-state index is -0.523. The minimum Gasteiger partial charge on any atom is -0.506 e. The molecule has 92 valence electrons. The fourth-order valence-corrected chi connectivity index (χ4v) is 1.44. The molecule has 0 bridgehead atoms. The van der Waals surface area contributed by atoms with Crippen molar-refractivity contribution in [3.05, 3.63) is 53.8 Å². The Balaban J connectivity index is 2.22. The van der Waals surface area contributed by atoms with E-state index in [0.29, 0.717) is 0 Å². The van der Waals surface area contributed by atoms with Crippen LogP contribution in [0.5, 0.6) is 5.75 Å². The smallest absolute Gasteiger partial charge is 0.255 e. The summed E-state index contributed by atoms with van der Waals surface area (Å²) < 4.78 is 13.3. The number of phenolic OH excluding ortho intramolecular Hbond substituents is 1. The summed E-state index contributed by atoms with van der Waals surface area (Å²) in [4.78, 5) is 11.8. The predicted octanol–water partition coefficient (Wildman–Crippen LogP) is 2.37. The molecule has 0 aliphatic heterocycles. The van der Waals surface area contributed by atoms with Gasteiger partial charge in [-0.2, -0.15) is 0 Å². The zero-order valence-corrected chi connectivity index (χ0v) is 9.35. The molecule has 2 aromatic rings. The molecule has 0 unspecified atom stereocenters. The van der Waals surface area contributed by atoms with Crippen LogP contribution in [-0.4, -0.2) is 11.0 Å². The normalized spacial score (nSPS) is 10.1. The van der Waals surface area contributed by atoms with Crippen LogP contribution in [-0.2, 0) is 0 Å². The number of aromatic hydroxyl groups is 1. The second kappa shape index (κ2) is 4.75. The first-order valence-corrected chi connectivity index (χ1v) is 5.22. The van der Waals surface area contributed by atoms with Crippen molar-refractivity contribution in [2.45, 2.75) is 0 Å². The number of amides is 1. The number of hydrogen-bond donors (Lipinski definition) is 3. The summed E-state index contributed by atoms with van der Waals surface area (Å²) in [5.41, 5.74) is 5.88. The zero-order valence-electron chi connectivity index (χ0n) is 9.35. The van der Waals surface area contributed by atoms with Crippen molar-refractivity contribution in [1.82, 2.24) is 0 Å². The Morgan fingerprint density at radius 2 is 1.94 bits per heavy atom. The number of nitrogens with two attached hydrogens (primary N) is 1. The van der Waals surface area contributed by atoms with Crippen molar-refractivity contribution < 1.29 is 14.3 Å². The lowest BCUT2D eigenvalue weighted by Gasteiger charge is -2.07. The lowest BCUT2D eigenvalue weighted by molar-refractivity contribution is 0.102. The first-order valence-electron chi connectivity index (χ1n) is 5.22. The van der Waals surface area contributed by atoms with Crippen LogP contribution in [0.1, 0.15) is 10.4 Å². The SMILES string of the molecule is Nc1ccc(C(=O)Nc2ccccc2F)cc1O. The molecule has 0 aromatic heterocycles. The van der Waals surface area contributed by atoms with E-state index in [2.05, 4.69) is 5.32 Å². The van der Waals surface area contributed by atoms with Crippen molar-refractivity contribution in [1.29, 1.82) is 0 Å². The molecular weight excluding hydrogens is 235 g/mol. The van der Waals surface area contributed by atoms with E-state index in [1.54, 1.807) is 6.07 Å². The van der Waals surface area contributed by atoms with Crippen LogP contribution < -0.4 is 11.1 Å². The molecule has 2 aromatic carbocycles. The van der Waals surface area contributed by atoms with Gasteiger partial charge in [0.1, 0.15) is 11.6 Å². The van der Waals surface area contributed by atoms with E-state index in [1.165, 1.54) is 36.4 Å². The summed E-state index contributed by atoms with van der Waals surface area (Å²) in [7, 11) is 0. The van der Waals surface area contributed by atoms with Gasteiger partial charge in [-0.15, -0.1) is 0 Å². The summed E-state index contributed by atoms with van der Waals surface area (Å²) in [6.07, 6.45) is 0. The summed E-state index contributed by atoms with van der Waals surface area (Å²) in [6, 6.07) is 9.92. The quantitative estimate of drug-likeness (QED) is 0.562. The summed E-state index contributed by atoms with van der Waals surface area (Å²) in [5, 5.41) is 11.8. The van der Waals surface area contributed by atoms with E-state index < -0.39 is 11.7 Å². The van der Waals surface area contributed by atoms with Crippen molar-refractivity contribution in [3.8, 4) is 5.75 Å². The lowest BCUT2D eigenvalue weighted by atomic mass is 10.1. The standard InChI is InChI=1S/C13H11FN2O2/c14-9-3-1-2-4-11(9)16-13(18)8-5-6-10(15)12(17)7-8/h1-7,17H,15H2,(H,16,18). The monoisotopic (exact) mass is 246 g/mol. The molecule has 0 saturated heterocycles. The van der Waals surface area contributed by atoms with E-state index in [-0.39, 0.29) is 22.7 Å². The molecule has 4 nitrogen and oxygen atoms in total. The maximum atomic E-state index is 13.3. The number of nitrogens with one attached hydrogen (secondary N) is 1. The number of carbonyl (C=O) groups excluding carboxylic acids is 1. The maximum Gasteiger partial charge on any atom is 0.255 e. The summed E-state index contributed by atoms with van der Waals surface area (Å²) >= 11 is 0. The van der Waals surface area contributed by atoms with Crippen LogP contribution >= 0.6 is 0 Å². The Morgan fingerprint density at radius 1 is 1.22 bits per heavy atom. The first-order chi connectivity index (χ1) is 8.58. The van der Waals surface area contributed by atoms with Crippen molar-refractivity contribution in [2.75, 3.05) is 11.1 Å². The highest BCUT2D eigenvalue weighted by Gasteiger charge is 2.10. The van der Waals surface area contributed by atoms with Gasteiger partial charge in [0.05, 0.1) is 11.4 Å². The number of halogens is 1. The van der Waals surface area contributed by atoms with Gasteiger partial charge >= 0.3 is 0 Å². The van der Waals surface area contributed by atoms with Gasteiger partial charge in [0, 0.05) is 5.56 Å². The molecule has 0 fully saturated rings. The third-order valence-electron chi connectivity index (χ3n) is 2.41. The third kappa shape index (κ3) is 2.40. The molecule has 1 amide bonds. The van der Waals surface area contributed by atoms with E-state index in [9.17, 15) is 14.3 Å². The highest BCUT2D eigenvalue weighted by Crippen LogP contribution is 2.21. The van der Waals surface area contributed by atoms with Crippen molar-refractivity contribution in [2.24, 2.45) is 0 Å². The molecule has 0 atom stereocenters. The lowest BCUT2D eigenvalue weighted by Crippen LogP contribution is -2.12. The number of hydrogen-bond acceptors (Lipinski definition) is 3. The van der Waals surface area contributed by atoms with E-state index in [4.69, 9.17) is 5.73 Å². The van der Waals surface area contributed by atoms with E-state index in [0.717, 1.165) is 0 Å². The average molecular weight is 246 g/mol. The van der Waals surface area contributed by atoms with Crippen molar-refractivity contribution in [3.63, 3.8) is 0 Å². The molecule has 0 aliphatic carbocycles. The van der Waals surface area contributed by atoms with Gasteiger partial charge in [0.2, 0.25) is 0 Å². The van der Waals surface area contributed by atoms with Gasteiger partial charge in [-0.05, 0) is 30.3 Å². The Hall–Kier alpha value is -2.56. The molecular formula is C13H11FN2O2. The van der Waals surface area contributed by atoms with Crippen molar-refractivity contribution >= 4 is 17.3 Å². The third-order valence-corrected chi connectivity index (χ3v) is 2.41. The molecule has 0 saturated carbocycles. The summed E-state index contributed by atoms with van der Waals surface area (Å²) in [5.74, 6) is -1.22. The second-order valence-electron chi connectivity index (χ2n) is 3.71. The fourth-order valence-electron chi connectivity index (χ4n) is 1.44. The van der Waals surface area contributed by atoms with Gasteiger partial charge in [-0.1, -0.05) is 12.1 Å². The van der Waals surface area contributed by atoms with Crippen LogP contribution in [0.2, 0.25) is 0 Å². The largest absolute Gasteiger partial charge is 0.506 e. The molecule has 5 heteroatoms. The average Bonchev–Trinajstić information content (AvgIpc) is 2.35. The maximum absolute atomic E-state index is 13.3. The topological polar surface area (TPSA) is 75.4 Å². The highest BCUT2D eigenvalue weighted by atomic mass is 19.1. The highest BCUT2D eigenvalue weighted by molar-refractivity contribution is 6.04. The summed E-state index contributed by atoms with van der Waals surface area (Å²) in [6.45, 7) is 0. The molecule has 0 radical (unpaired) electrons. The Bertz CT molecular complexity index is 599. The number of benzene rings is 2. The van der Waals surface area contributed by atoms with Gasteiger partial charge in [-0.25, -0.2) is 4.39 Å². The van der Waals surface area contributed by atoms with E-state index >= 15 is 0 Å².